The molecule has 2 heterocycles. The molecule has 12 heavy (non-hydrogen) atoms. The quantitative estimate of drug-likeness (QED) is 0.622. The lowest BCUT2D eigenvalue weighted by atomic mass is 9.87. The summed E-state index contributed by atoms with van der Waals surface area (Å²) in [6, 6.07) is 0. The van der Waals surface area contributed by atoms with E-state index in [0.717, 1.165) is 19.6 Å². The van der Waals surface area contributed by atoms with Crippen LogP contribution in [0.3, 0.4) is 0 Å². The van der Waals surface area contributed by atoms with Crippen molar-refractivity contribution in [2.75, 3.05) is 13.2 Å². The molecule has 3 nitrogen and oxygen atoms in total. The molecule has 0 saturated carbocycles. The first-order valence-electron chi connectivity index (χ1n) is 4.65. The standard InChI is InChI=1S/C9H15NO2/c1-6-8(2-3-12-6)7-4-9(11)10-5-7/h6-8H,2-5H2,1H3,(H,10,11). The molecule has 0 aliphatic carbocycles. The topological polar surface area (TPSA) is 38.3 Å². The van der Waals surface area contributed by atoms with E-state index in [1.807, 2.05) is 0 Å². The highest BCUT2D eigenvalue weighted by Crippen LogP contribution is 2.31. The van der Waals surface area contributed by atoms with Gasteiger partial charge in [0.05, 0.1) is 6.10 Å². The second kappa shape index (κ2) is 3.05. The van der Waals surface area contributed by atoms with Crippen LogP contribution < -0.4 is 5.32 Å². The average Bonchev–Trinajstić information content (AvgIpc) is 2.58. The Hall–Kier alpha value is -0.570. The van der Waals surface area contributed by atoms with Crippen LogP contribution in [0.2, 0.25) is 0 Å². The summed E-state index contributed by atoms with van der Waals surface area (Å²) >= 11 is 0. The lowest BCUT2D eigenvalue weighted by Gasteiger charge is -2.19. The third kappa shape index (κ3) is 1.33. The molecule has 0 radical (unpaired) electrons. The van der Waals surface area contributed by atoms with Gasteiger partial charge in [0.15, 0.2) is 0 Å². The molecule has 3 unspecified atom stereocenters. The molecule has 0 aromatic heterocycles. The van der Waals surface area contributed by atoms with Crippen molar-refractivity contribution in [3.63, 3.8) is 0 Å². The number of carbonyl (C=O) groups excluding carboxylic acids is 1. The minimum absolute atomic E-state index is 0.208. The van der Waals surface area contributed by atoms with E-state index >= 15 is 0 Å². The van der Waals surface area contributed by atoms with Crippen molar-refractivity contribution in [3.8, 4) is 0 Å². The molecular formula is C9H15NO2. The van der Waals surface area contributed by atoms with E-state index in [-0.39, 0.29) is 5.91 Å². The summed E-state index contributed by atoms with van der Waals surface area (Å²) in [5.74, 6) is 1.33. The molecule has 3 heteroatoms. The monoisotopic (exact) mass is 169 g/mol. The Bertz CT molecular complexity index is 193. The van der Waals surface area contributed by atoms with Gasteiger partial charge in [-0.2, -0.15) is 0 Å². The van der Waals surface area contributed by atoms with Gasteiger partial charge in [0.25, 0.3) is 0 Å². The van der Waals surface area contributed by atoms with Gasteiger partial charge in [0.2, 0.25) is 5.91 Å². The van der Waals surface area contributed by atoms with Crippen molar-refractivity contribution in [3.05, 3.63) is 0 Å². The van der Waals surface area contributed by atoms with Crippen LogP contribution in [-0.4, -0.2) is 25.2 Å². The van der Waals surface area contributed by atoms with Crippen molar-refractivity contribution >= 4 is 5.91 Å². The van der Waals surface area contributed by atoms with Gasteiger partial charge in [-0.25, -0.2) is 0 Å². The zero-order valence-electron chi connectivity index (χ0n) is 7.38. The average molecular weight is 169 g/mol. The number of ether oxygens (including phenoxy) is 1. The summed E-state index contributed by atoms with van der Waals surface area (Å²) in [4.78, 5) is 11.0. The summed E-state index contributed by atoms with van der Waals surface area (Å²) in [6.07, 6.45) is 2.18. The molecule has 2 rings (SSSR count). The maximum Gasteiger partial charge on any atom is 0.220 e. The van der Waals surface area contributed by atoms with E-state index in [1.54, 1.807) is 0 Å². The minimum atomic E-state index is 0.208. The number of hydrogen-bond acceptors (Lipinski definition) is 2. The van der Waals surface area contributed by atoms with Gasteiger partial charge >= 0.3 is 0 Å². The van der Waals surface area contributed by atoms with Crippen LogP contribution in [0, 0.1) is 11.8 Å². The van der Waals surface area contributed by atoms with Crippen molar-refractivity contribution in [1.29, 1.82) is 0 Å². The molecule has 2 aliphatic heterocycles. The maximum atomic E-state index is 11.0. The van der Waals surface area contributed by atoms with E-state index in [2.05, 4.69) is 12.2 Å². The largest absolute Gasteiger partial charge is 0.378 e. The lowest BCUT2D eigenvalue weighted by molar-refractivity contribution is -0.119. The Morgan fingerprint density at radius 3 is 2.92 bits per heavy atom. The fourth-order valence-corrected chi connectivity index (χ4v) is 2.30. The summed E-state index contributed by atoms with van der Waals surface area (Å²) < 4.78 is 5.47. The summed E-state index contributed by atoms with van der Waals surface area (Å²) in [6.45, 7) is 3.84. The van der Waals surface area contributed by atoms with Gasteiger partial charge in [-0.15, -0.1) is 0 Å². The molecule has 0 spiro atoms. The van der Waals surface area contributed by atoms with Gasteiger partial charge < -0.3 is 10.1 Å². The van der Waals surface area contributed by atoms with Crippen LogP contribution in [-0.2, 0) is 9.53 Å². The number of amides is 1. The molecule has 1 amide bonds. The van der Waals surface area contributed by atoms with Gasteiger partial charge in [-0.3, -0.25) is 4.79 Å². The third-order valence-electron chi connectivity index (χ3n) is 3.05. The minimum Gasteiger partial charge on any atom is -0.378 e. The third-order valence-corrected chi connectivity index (χ3v) is 3.05. The SMILES string of the molecule is CC1OCCC1C1CNC(=O)C1. The molecule has 1 N–H and O–H groups in total. The van der Waals surface area contributed by atoms with Crippen LogP contribution in [0.4, 0.5) is 0 Å². The van der Waals surface area contributed by atoms with E-state index in [0.29, 0.717) is 24.4 Å². The summed E-state index contributed by atoms with van der Waals surface area (Å²) in [7, 11) is 0. The highest BCUT2D eigenvalue weighted by Gasteiger charge is 2.35. The van der Waals surface area contributed by atoms with Crippen molar-refractivity contribution in [1.82, 2.24) is 5.32 Å². The van der Waals surface area contributed by atoms with Gasteiger partial charge in [0, 0.05) is 19.6 Å². The highest BCUT2D eigenvalue weighted by molar-refractivity contribution is 5.78. The Balaban J connectivity index is 1.95. The first kappa shape index (κ1) is 8.05. The molecule has 0 aromatic carbocycles. The maximum absolute atomic E-state index is 11.0. The second-order valence-electron chi connectivity index (χ2n) is 3.80. The fraction of sp³-hybridized carbons (Fsp3) is 0.889. The zero-order valence-corrected chi connectivity index (χ0v) is 7.38. The van der Waals surface area contributed by atoms with Gasteiger partial charge in [-0.05, 0) is 25.2 Å². The molecule has 2 fully saturated rings. The van der Waals surface area contributed by atoms with E-state index < -0.39 is 0 Å². The highest BCUT2D eigenvalue weighted by atomic mass is 16.5. The number of hydrogen-bond donors (Lipinski definition) is 1. The molecule has 3 atom stereocenters. The fourth-order valence-electron chi connectivity index (χ4n) is 2.30. The van der Waals surface area contributed by atoms with Crippen molar-refractivity contribution in [2.24, 2.45) is 11.8 Å². The molecule has 0 aromatic rings. The molecular weight excluding hydrogens is 154 g/mol. The first-order chi connectivity index (χ1) is 5.77. The Kier molecular flexibility index (Phi) is 2.05. The smallest absolute Gasteiger partial charge is 0.220 e. The van der Waals surface area contributed by atoms with Crippen molar-refractivity contribution < 1.29 is 9.53 Å². The van der Waals surface area contributed by atoms with E-state index in [9.17, 15) is 4.79 Å². The van der Waals surface area contributed by atoms with E-state index in [1.165, 1.54) is 0 Å². The number of rotatable bonds is 1. The van der Waals surface area contributed by atoms with Gasteiger partial charge in [0.1, 0.15) is 0 Å². The molecule has 2 saturated heterocycles. The first-order valence-corrected chi connectivity index (χ1v) is 4.65. The predicted molar refractivity (Wildman–Crippen MR) is 44.6 cm³/mol. The van der Waals surface area contributed by atoms with Crippen LogP contribution in [0.15, 0.2) is 0 Å². The number of carbonyl (C=O) groups is 1. The van der Waals surface area contributed by atoms with E-state index in [4.69, 9.17) is 4.74 Å². The van der Waals surface area contributed by atoms with Crippen LogP contribution in [0.1, 0.15) is 19.8 Å². The number of nitrogens with one attached hydrogen (secondary N) is 1. The molecule has 0 bridgehead atoms. The summed E-state index contributed by atoms with van der Waals surface area (Å²) in [5.41, 5.74) is 0. The van der Waals surface area contributed by atoms with Crippen LogP contribution >= 0.6 is 0 Å². The lowest BCUT2D eigenvalue weighted by Crippen LogP contribution is -2.23. The van der Waals surface area contributed by atoms with Crippen molar-refractivity contribution in [2.45, 2.75) is 25.9 Å². The predicted octanol–water partition coefficient (Wildman–Crippen LogP) is 0.547. The second-order valence-corrected chi connectivity index (χ2v) is 3.80. The van der Waals surface area contributed by atoms with Gasteiger partial charge in [-0.1, -0.05) is 0 Å². The summed E-state index contributed by atoms with van der Waals surface area (Å²) in [5, 5.41) is 2.87. The Labute approximate surface area is 72.5 Å². The normalized spacial score (nSPS) is 41.8. The van der Waals surface area contributed by atoms with Crippen LogP contribution in [0.25, 0.3) is 0 Å². The Morgan fingerprint density at radius 1 is 1.58 bits per heavy atom. The molecule has 2 aliphatic rings. The Morgan fingerprint density at radius 2 is 2.42 bits per heavy atom. The zero-order chi connectivity index (χ0) is 8.55. The molecule has 68 valence electrons. The van der Waals surface area contributed by atoms with Crippen LogP contribution in [0.5, 0.6) is 0 Å².